The van der Waals surface area contributed by atoms with Gasteiger partial charge in [0.2, 0.25) is 0 Å². The Morgan fingerprint density at radius 2 is 1.85 bits per heavy atom. The molecule has 0 aromatic rings. The van der Waals surface area contributed by atoms with Crippen molar-refractivity contribution in [3.63, 3.8) is 0 Å². The predicted octanol–water partition coefficient (Wildman–Crippen LogP) is 0.104. The van der Waals surface area contributed by atoms with Crippen molar-refractivity contribution in [1.29, 1.82) is 0 Å². The molecule has 3 N–H and O–H groups in total. The lowest BCUT2D eigenvalue weighted by molar-refractivity contribution is -0.0177. The average molecular weight is 190 g/mol. The Balaban J connectivity index is 0. The lowest BCUT2D eigenvalue weighted by atomic mass is 10.4. The molecule has 2 atom stereocenters. The van der Waals surface area contributed by atoms with Gasteiger partial charge in [0.15, 0.2) is 0 Å². The second-order valence-electron chi connectivity index (χ2n) is 2.54. The van der Waals surface area contributed by atoms with Crippen LogP contribution in [0.4, 0.5) is 0 Å². The predicted molar refractivity (Wildman–Crippen MR) is 49.6 cm³/mol. The molecule has 78 valence electrons. The molecular formula is C9H18O4. The van der Waals surface area contributed by atoms with Crippen molar-refractivity contribution in [2.45, 2.75) is 33.0 Å². The van der Waals surface area contributed by atoms with E-state index in [1.807, 2.05) is 0 Å². The second-order valence-corrected chi connectivity index (χ2v) is 2.54. The van der Waals surface area contributed by atoms with Gasteiger partial charge < -0.3 is 20.1 Å². The molecule has 0 bridgehead atoms. The highest BCUT2D eigenvalue weighted by Gasteiger charge is 2.00. The zero-order valence-corrected chi connectivity index (χ0v) is 8.32. The third-order valence-electron chi connectivity index (χ3n) is 0.991. The third kappa shape index (κ3) is 18.3. The van der Waals surface area contributed by atoms with Crippen molar-refractivity contribution in [2.75, 3.05) is 13.2 Å². The molecule has 0 aromatic carbocycles. The Morgan fingerprint density at radius 1 is 1.38 bits per heavy atom. The first-order valence-corrected chi connectivity index (χ1v) is 4.04. The Labute approximate surface area is 79.2 Å². The standard InChI is InChI=1S/C6H14O3.C3H4O/c1-5(8)4-9-6(2)3-7;1-2-3-4/h5-8H,3-4H2,1-2H3;4H,1H3. The van der Waals surface area contributed by atoms with Crippen molar-refractivity contribution in [3.8, 4) is 12.0 Å². The van der Waals surface area contributed by atoms with Crippen LogP contribution < -0.4 is 0 Å². The molecule has 2 unspecified atom stereocenters. The summed E-state index contributed by atoms with van der Waals surface area (Å²) >= 11 is 0. The van der Waals surface area contributed by atoms with E-state index in [1.165, 1.54) is 0 Å². The van der Waals surface area contributed by atoms with E-state index in [2.05, 4.69) is 5.92 Å². The van der Waals surface area contributed by atoms with Gasteiger partial charge in [0.25, 0.3) is 0 Å². The molecule has 0 radical (unpaired) electrons. The van der Waals surface area contributed by atoms with E-state index in [0.717, 1.165) is 0 Å². The lowest BCUT2D eigenvalue weighted by Crippen LogP contribution is -2.19. The van der Waals surface area contributed by atoms with Gasteiger partial charge in [-0.05, 0) is 13.8 Å². The Kier molecular flexibility index (Phi) is 12.8. The monoisotopic (exact) mass is 190 g/mol. The fourth-order valence-electron chi connectivity index (χ4n) is 0.356. The van der Waals surface area contributed by atoms with Crippen molar-refractivity contribution >= 4 is 0 Å². The molecule has 13 heavy (non-hydrogen) atoms. The maximum absolute atomic E-state index is 8.69. The number of hydrogen-bond donors (Lipinski definition) is 3. The molecule has 0 saturated heterocycles. The first-order valence-electron chi connectivity index (χ1n) is 4.04. The SMILES string of the molecule is CC#CO.CC(O)COC(C)CO. The van der Waals surface area contributed by atoms with Crippen LogP contribution in [0.15, 0.2) is 0 Å². The highest BCUT2D eigenvalue weighted by molar-refractivity contribution is 4.81. The van der Waals surface area contributed by atoms with Crippen LogP contribution in [0.2, 0.25) is 0 Å². The minimum absolute atomic E-state index is 0.00667. The summed E-state index contributed by atoms with van der Waals surface area (Å²) in [5.74, 6) is 2.24. The molecule has 0 heterocycles. The van der Waals surface area contributed by atoms with Gasteiger partial charge in [-0.3, -0.25) is 0 Å². The van der Waals surface area contributed by atoms with Crippen LogP contribution in [-0.2, 0) is 4.74 Å². The van der Waals surface area contributed by atoms with Crippen LogP contribution in [0.3, 0.4) is 0 Å². The molecule has 0 amide bonds. The molecule has 0 aliphatic carbocycles. The maximum atomic E-state index is 8.69. The van der Waals surface area contributed by atoms with Crippen LogP contribution in [0.1, 0.15) is 20.8 Å². The summed E-state index contributed by atoms with van der Waals surface area (Å²) in [6, 6.07) is 0. The molecule has 0 aliphatic rings. The molecule has 0 rings (SSSR count). The van der Waals surface area contributed by atoms with Gasteiger partial charge in [-0.1, -0.05) is 5.92 Å². The Hall–Kier alpha value is -0.760. The summed E-state index contributed by atoms with van der Waals surface area (Å²) in [7, 11) is 0. The highest BCUT2D eigenvalue weighted by Crippen LogP contribution is 1.90. The fraction of sp³-hybridized carbons (Fsp3) is 0.778. The molecule has 0 saturated carbocycles. The van der Waals surface area contributed by atoms with E-state index in [9.17, 15) is 0 Å². The van der Waals surface area contributed by atoms with Crippen molar-refractivity contribution in [2.24, 2.45) is 0 Å². The topological polar surface area (TPSA) is 69.9 Å². The first kappa shape index (κ1) is 14.7. The van der Waals surface area contributed by atoms with E-state index in [-0.39, 0.29) is 12.7 Å². The van der Waals surface area contributed by atoms with Crippen molar-refractivity contribution in [1.82, 2.24) is 0 Å². The fourth-order valence-corrected chi connectivity index (χ4v) is 0.356. The van der Waals surface area contributed by atoms with Crippen LogP contribution in [0, 0.1) is 12.0 Å². The zero-order chi connectivity index (χ0) is 10.7. The van der Waals surface area contributed by atoms with Gasteiger partial charge in [-0.15, -0.1) is 0 Å². The van der Waals surface area contributed by atoms with Gasteiger partial charge in [0, 0.05) is 6.92 Å². The van der Waals surface area contributed by atoms with Gasteiger partial charge in [-0.2, -0.15) is 0 Å². The third-order valence-corrected chi connectivity index (χ3v) is 0.991. The molecule has 0 spiro atoms. The first-order chi connectivity index (χ1) is 6.08. The van der Waals surface area contributed by atoms with Crippen LogP contribution in [0.25, 0.3) is 0 Å². The molecule has 0 aromatic heterocycles. The molecule has 0 fully saturated rings. The smallest absolute Gasteiger partial charge is 0.107 e. The van der Waals surface area contributed by atoms with E-state index in [4.69, 9.17) is 20.1 Å². The van der Waals surface area contributed by atoms with Crippen LogP contribution in [-0.4, -0.2) is 40.7 Å². The summed E-state index contributed by atoms with van der Waals surface area (Å²) < 4.78 is 4.95. The minimum atomic E-state index is -0.445. The molecular weight excluding hydrogens is 172 g/mol. The van der Waals surface area contributed by atoms with Gasteiger partial charge in [0.1, 0.15) is 6.11 Å². The molecule has 4 heteroatoms. The van der Waals surface area contributed by atoms with E-state index < -0.39 is 6.10 Å². The van der Waals surface area contributed by atoms with Crippen LogP contribution in [0.5, 0.6) is 0 Å². The van der Waals surface area contributed by atoms with E-state index in [0.29, 0.717) is 6.61 Å². The number of hydrogen-bond acceptors (Lipinski definition) is 4. The minimum Gasteiger partial charge on any atom is -0.462 e. The molecule has 0 aliphatic heterocycles. The van der Waals surface area contributed by atoms with Gasteiger partial charge in [0.05, 0.1) is 25.4 Å². The number of aliphatic hydroxyl groups is 3. The summed E-state index contributed by atoms with van der Waals surface area (Å²) in [6.07, 6.45) is 1.07. The number of aliphatic hydroxyl groups excluding tert-OH is 3. The zero-order valence-electron chi connectivity index (χ0n) is 8.32. The van der Waals surface area contributed by atoms with Crippen molar-refractivity contribution in [3.05, 3.63) is 0 Å². The Morgan fingerprint density at radius 3 is 2.08 bits per heavy atom. The summed E-state index contributed by atoms with van der Waals surface area (Å²) in [5, 5.41) is 24.6. The summed E-state index contributed by atoms with van der Waals surface area (Å²) in [4.78, 5) is 0. The lowest BCUT2D eigenvalue weighted by Gasteiger charge is -2.10. The molecule has 4 nitrogen and oxygen atoms in total. The van der Waals surface area contributed by atoms with Gasteiger partial charge >= 0.3 is 0 Å². The summed E-state index contributed by atoms with van der Waals surface area (Å²) in [6.45, 7) is 5.26. The van der Waals surface area contributed by atoms with E-state index in [1.54, 1.807) is 26.9 Å². The highest BCUT2D eigenvalue weighted by atomic mass is 16.5. The van der Waals surface area contributed by atoms with Crippen molar-refractivity contribution < 1.29 is 20.1 Å². The normalized spacial score (nSPS) is 13.0. The van der Waals surface area contributed by atoms with Crippen LogP contribution >= 0.6 is 0 Å². The number of ether oxygens (including phenoxy) is 1. The average Bonchev–Trinajstić information content (AvgIpc) is 2.14. The van der Waals surface area contributed by atoms with E-state index >= 15 is 0 Å². The maximum Gasteiger partial charge on any atom is 0.107 e. The number of rotatable bonds is 4. The van der Waals surface area contributed by atoms with Gasteiger partial charge in [-0.25, -0.2) is 0 Å². The second kappa shape index (κ2) is 11.2. The quantitative estimate of drug-likeness (QED) is 0.550. The largest absolute Gasteiger partial charge is 0.462 e. The summed E-state index contributed by atoms with van der Waals surface area (Å²) in [5.41, 5.74) is 0. The Bertz CT molecular complexity index is 139.